The molecule has 1 nitrogen and oxygen atoms in total. The van der Waals surface area contributed by atoms with Gasteiger partial charge in [-0.05, 0) is 112 Å². The summed E-state index contributed by atoms with van der Waals surface area (Å²) in [6.07, 6.45) is 0. The Hall–Kier alpha value is -2.38. The fourth-order valence-corrected chi connectivity index (χ4v) is 5.22. The van der Waals surface area contributed by atoms with E-state index in [4.69, 9.17) is 0 Å². The van der Waals surface area contributed by atoms with Crippen LogP contribution in [-0.2, 0) is 19.6 Å². The number of hydrogen-bond donors (Lipinski definition) is 0. The van der Waals surface area contributed by atoms with Crippen molar-refractivity contribution in [3.8, 4) is 0 Å². The molecule has 0 saturated carbocycles. The summed E-state index contributed by atoms with van der Waals surface area (Å²) in [4.78, 5) is 2.64. The molecule has 0 unspecified atom stereocenters. The molecule has 0 aliphatic heterocycles. The fourth-order valence-electron chi connectivity index (χ4n) is 5.22. The first kappa shape index (κ1) is 23.3. The summed E-state index contributed by atoms with van der Waals surface area (Å²) in [5, 5.41) is 0. The van der Waals surface area contributed by atoms with Gasteiger partial charge in [0.2, 0.25) is 0 Å². The molecule has 0 aliphatic rings. The lowest BCUT2D eigenvalue weighted by atomic mass is 9.95. The molecule has 0 aromatic heterocycles. The zero-order chi connectivity index (χ0) is 22.9. The van der Waals surface area contributed by atoms with Crippen LogP contribution in [0.25, 0.3) is 0 Å². The van der Waals surface area contributed by atoms with Crippen molar-refractivity contribution in [3.05, 3.63) is 103 Å². The number of aryl methyl sites for hydroxylation is 9. The molecule has 31 heavy (non-hydrogen) atoms. The molecule has 0 saturated heterocycles. The summed E-state index contributed by atoms with van der Waals surface area (Å²) in [5.41, 5.74) is 16.8. The van der Waals surface area contributed by atoms with Crippen LogP contribution in [0.1, 0.15) is 66.8 Å². The molecule has 0 heterocycles. The molecule has 1 heteroatoms. The number of benzene rings is 3. The second-order valence-electron chi connectivity index (χ2n) is 9.78. The summed E-state index contributed by atoms with van der Waals surface area (Å²) in [7, 11) is 0. The lowest BCUT2D eigenvalue weighted by Crippen LogP contribution is -2.25. The van der Waals surface area contributed by atoms with Gasteiger partial charge in [0.1, 0.15) is 0 Å². The molecule has 3 rings (SSSR count). The topological polar surface area (TPSA) is 3.24 Å². The molecule has 0 atom stereocenters. The molecule has 0 amide bonds. The molecule has 0 N–H and O–H groups in total. The minimum atomic E-state index is 0.970. The Balaban J connectivity index is 2.02. The molecule has 0 spiro atoms. The van der Waals surface area contributed by atoms with E-state index < -0.39 is 0 Å². The second kappa shape index (κ2) is 9.40. The maximum absolute atomic E-state index is 2.64. The van der Waals surface area contributed by atoms with Crippen LogP contribution in [0.5, 0.6) is 0 Å². The first-order valence-electron chi connectivity index (χ1n) is 11.5. The van der Waals surface area contributed by atoms with E-state index in [0.717, 1.165) is 19.6 Å². The van der Waals surface area contributed by atoms with Crippen LogP contribution in [0.3, 0.4) is 0 Å². The molecule has 0 fully saturated rings. The average Bonchev–Trinajstić information content (AvgIpc) is 2.63. The van der Waals surface area contributed by atoms with Crippen LogP contribution in [0.15, 0.2) is 36.4 Å². The number of hydrogen-bond acceptors (Lipinski definition) is 1. The van der Waals surface area contributed by atoms with Gasteiger partial charge in [0, 0.05) is 19.6 Å². The van der Waals surface area contributed by atoms with E-state index in [0.29, 0.717) is 0 Å². The van der Waals surface area contributed by atoms with Crippen molar-refractivity contribution < 1.29 is 0 Å². The summed E-state index contributed by atoms with van der Waals surface area (Å²) >= 11 is 0. The van der Waals surface area contributed by atoms with Crippen LogP contribution >= 0.6 is 0 Å². The molecule has 3 aromatic rings. The van der Waals surface area contributed by atoms with Crippen LogP contribution in [-0.4, -0.2) is 4.90 Å². The zero-order valence-electron chi connectivity index (χ0n) is 21.0. The molecule has 0 bridgehead atoms. The Morgan fingerprint density at radius 2 is 0.581 bits per heavy atom. The van der Waals surface area contributed by atoms with Crippen molar-refractivity contribution in [2.45, 2.75) is 81.9 Å². The van der Waals surface area contributed by atoms with E-state index in [9.17, 15) is 0 Å². The quantitative estimate of drug-likeness (QED) is 0.401. The van der Waals surface area contributed by atoms with Gasteiger partial charge < -0.3 is 0 Å². The maximum Gasteiger partial charge on any atom is 0.0246 e. The van der Waals surface area contributed by atoms with E-state index >= 15 is 0 Å². The minimum absolute atomic E-state index is 0.970. The van der Waals surface area contributed by atoms with Gasteiger partial charge in [-0.1, -0.05) is 53.1 Å². The van der Waals surface area contributed by atoms with Crippen molar-refractivity contribution in [2.75, 3.05) is 0 Å². The number of rotatable bonds is 6. The Kier molecular flexibility index (Phi) is 7.06. The normalized spacial score (nSPS) is 11.4. The highest BCUT2D eigenvalue weighted by atomic mass is 15.1. The number of nitrogens with zero attached hydrogens (tertiary/aromatic N) is 1. The predicted molar refractivity (Wildman–Crippen MR) is 135 cm³/mol. The Labute approximate surface area is 190 Å². The SMILES string of the molecule is Cc1cc(C)c(CN(Cc2c(C)cc(C)cc2C)Cc2c(C)cc(C)cc2C)c(C)c1. The Morgan fingerprint density at radius 1 is 0.387 bits per heavy atom. The van der Waals surface area contributed by atoms with Gasteiger partial charge in [-0.15, -0.1) is 0 Å². The largest absolute Gasteiger partial charge is 0.291 e. The van der Waals surface area contributed by atoms with Crippen molar-refractivity contribution in [2.24, 2.45) is 0 Å². The first-order valence-corrected chi connectivity index (χ1v) is 11.5. The van der Waals surface area contributed by atoms with Gasteiger partial charge in [-0.2, -0.15) is 0 Å². The summed E-state index contributed by atoms with van der Waals surface area (Å²) in [5.74, 6) is 0. The fraction of sp³-hybridized carbons (Fsp3) is 0.400. The van der Waals surface area contributed by atoms with Crippen molar-refractivity contribution in [1.29, 1.82) is 0 Å². The average molecular weight is 414 g/mol. The molecule has 0 aliphatic carbocycles. The molecule has 164 valence electrons. The second-order valence-corrected chi connectivity index (χ2v) is 9.78. The van der Waals surface area contributed by atoms with Gasteiger partial charge >= 0.3 is 0 Å². The highest BCUT2D eigenvalue weighted by molar-refractivity contribution is 5.41. The predicted octanol–water partition coefficient (Wildman–Crippen LogP) is 7.66. The van der Waals surface area contributed by atoms with E-state index in [1.165, 1.54) is 66.8 Å². The Bertz CT molecular complexity index is 893. The first-order chi connectivity index (χ1) is 14.5. The van der Waals surface area contributed by atoms with Gasteiger partial charge in [0.25, 0.3) is 0 Å². The van der Waals surface area contributed by atoms with Crippen LogP contribution in [0, 0.1) is 62.3 Å². The summed E-state index contributed by atoms with van der Waals surface area (Å²) in [6, 6.07) is 13.9. The van der Waals surface area contributed by atoms with Crippen LogP contribution in [0.4, 0.5) is 0 Å². The Morgan fingerprint density at radius 3 is 0.774 bits per heavy atom. The third-order valence-electron chi connectivity index (χ3n) is 6.67. The van der Waals surface area contributed by atoms with Crippen LogP contribution in [0.2, 0.25) is 0 Å². The lowest BCUT2D eigenvalue weighted by Gasteiger charge is -2.28. The monoisotopic (exact) mass is 413 g/mol. The molecule has 0 radical (unpaired) electrons. The van der Waals surface area contributed by atoms with Gasteiger partial charge in [-0.3, -0.25) is 4.90 Å². The smallest absolute Gasteiger partial charge is 0.0246 e. The third kappa shape index (κ3) is 5.46. The maximum atomic E-state index is 2.64. The van der Waals surface area contributed by atoms with E-state index in [1.54, 1.807) is 0 Å². The standard InChI is InChI=1S/C30H39N/c1-19-10-22(4)28(23(5)11-19)16-31(17-29-24(6)12-20(2)13-25(29)7)18-30-26(8)14-21(3)15-27(30)9/h10-15H,16-18H2,1-9H3. The zero-order valence-corrected chi connectivity index (χ0v) is 21.0. The van der Waals surface area contributed by atoms with E-state index in [1.807, 2.05) is 0 Å². The van der Waals surface area contributed by atoms with Crippen LogP contribution < -0.4 is 0 Å². The van der Waals surface area contributed by atoms with Gasteiger partial charge in [-0.25, -0.2) is 0 Å². The summed E-state index contributed by atoms with van der Waals surface area (Å²) in [6.45, 7) is 23.1. The highest BCUT2D eigenvalue weighted by Gasteiger charge is 2.17. The van der Waals surface area contributed by atoms with Gasteiger partial charge in [0.05, 0.1) is 0 Å². The summed E-state index contributed by atoms with van der Waals surface area (Å²) < 4.78 is 0. The molecular formula is C30H39N. The third-order valence-corrected chi connectivity index (χ3v) is 6.67. The van der Waals surface area contributed by atoms with Gasteiger partial charge in [0.15, 0.2) is 0 Å². The van der Waals surface area contributed by atoms with E-state index in [-0.39, 0.29) is 0 Å². The lowest BCUT2D eigenvalue weighted by molar-refractivity contribution is 0.244. The molecular weight excluding hydrogens is 374 g/mol. The van der Waals surface area contributed by atoms with Crippen molar-refractivity contribution in [3.63, 3.8) is 0 Å². The minimum Gasteiger partial charge on any atom is -0.291 e. The molecule has 3 aromatic carbocycles. The highest BCUT2D eigenvalue weighted by Crippen LogP contribution is 2.26. The van der Waals surface area contributed by atoms with Crippen molar-refractivity contribution >= 4 is 0 Å². The van der Waals surface area contributed by atoms with Crippen molar-refractivity contribution in [1.82, 2.24) is 4.90 Å². The van der Waals surface area contributed by atoms with E-state index in [2.05, 4.69) is 104 Å².